The van der Waals surface area contributed by atoms with Crippen molar-refractivity contribution in [2.24, 2.45) is 0 Å². The van der Waals surface area contributed by atoms with Gasteiger partial charge in [-0.05, 0) is 25.1 Å². The van der Waals surface area contributed by atoms with Crippen molar-refractivity contribution in [3.05, 3.63) is 63.9 Å². The van der Waals surface area contributed by atoms with Gasteiger partial charge >= 0.3 is 0 Å². The summed E-state index contributed by atoms with van der Waals surface area (Å²) in [7, 11) is 0. The van der Waals surface area contributed by atoms with Gasteiger partial charge in [0.1, 0.15) is 11.5 Å². The number of aromatic nitrogens is 1. The lowest BCUT2D eigenvalue weighted by Crippen LogP contribution is -2.22. The van der Waals surface area contributed by atoms with Gasteiger partial charge < -0.3 is 9.73 Å². The SMILES string of the molecule is Cc1nc(-c2ccc(C(=O)NCc3ccccc3F)o2)cs1. The van der Waals surface area contributed by atoms with Crippen molar-refractivity contribution in [3.63, 3.8) is 0 Å². The molecular weight excluding hydrogens is 303 g/mol. The van der Waals surface area contributed by atoms with Gasteiger partial charge in [-0.25, -0.2) is 9.37 Å². The molecule has 0 fully saturated rings. The fourth-order valence-corrected chi connectivity index (χ4v) is 2.58. The van der Waals surface area contributed by atoms with Crippen LogP contribution in [0.2, 0.25) is 0 Å². The number of carbonyl (C=O) groups is 1. The summed E-state index contributed by atoms with van der Waals surface area (Å²) in [4.78, 5) is 16.3. The molecule has 6 heteroatoms. The summed E-state index contributed by atoms with van der Waals surface area (Å²) in [5.41, 5.74) is 1.13. The van der Waals surface area contributed by atoms with Crippen molar-refractivity contribution in [3.8, 4) is 11.5 Å². The van der Waals surface area contributed by atoms with Gasteiger partial charge in [-0.2, -0.15) is 0 Å². The Morgan fingerprint density at radius 1 is 1.32 bits per heavy atom. The van der Waals surface area contributed by atoms with Gasteiger partial charge in [0.05, 0.1) is 5.01 Å². The van der Waals surface area contributed by atoms with Crippen LogP contribution in [0.3, 0.4) is 0 Å². The van der Waals surface area contributed by atoms with Crippen LogP contribution in [-0.4, -0.2) is 10.9 Å². The van der Waals surface area contributed by atoms with E-state index in [4.69, 9.17) is 4.42 Å². The molecule has 2 aromatic heterocycles. The molecule has 3 rings (SSSR count). The number of nitrogens with zero attached hydrogens (tertiary/aromatic N) is 1. The van der Waals surface area contributed by atoms with Crippen LogP contribution < -0.4 is 5.32 Å². The summed E-state index contributed by atoms with van der Waals surface area (Å²) in [5, 5.41) is 5.43. The molecule has 0 aliphatic carbocycles. The van der Waals surface area contributed by atoms with Gasteiger partial charge in [0, 0.05) is 17.5 Å². The predicted octanol–water partition coefficient (Wildman–Crippen LogP) is 3.78. The summed E-state index contributed by atoms with van der Waals surface area (Å²) in [6.45, 7) is 2.01. The summed E-state index contributed by atoms with van der Waals surface area (Å²) < 4.78 is 19.0. The number of hydrogen-bond acceptors (Lipinski definition) is 4. The molecule has 0 atom stereocenters. The van der Waals surface area contributed by atoms with Crippen LogP contribution in [0, 0.1) is 12.7 Å². The fraction of sp³-hybridized carbons (Fsp3) is 0.125. The molecule has 0 aliphatic heterocycles. The highest BCUT2D eigenvalue weighted by molar-refractivity contribution is 7.09. The second-order valence-electron chi connectivity index (χ2n) is 4.69. The van der Waals surface area contributed by atoms with E-state index in [0.29, 0.717) is 17.0 Å². The normalized spacial score (nSPS) is 10.6. The third kappa shape index (κ3) is 3.07. The maximum absolute atomic E-state index is 13.5. The number of carbonyl (C=O) groups excluding carboxylic acids is 1. The standard InChI is InChI=1S/C16H13FN2O2S/c1-10-19-13(9-22-10)14-6-7-15(21-14)16(20)18-8-11-4-2-3-5-12(11)17/h2-7,9H,8H2,1H3,(H,18,20). The van der Waals surface area contributed by atoms with E-state index in [-0.39, 0.29) is 24.0 Å². The lowest BCUT2D eigenvalue weighted by molar-refractivity contribution is 0.0923. The Morgan fingerprint density at radius 3 is 2.86 bits per heavy atom. The molecule has 22 heavy (non-hydrogen) atoms. The zero-order valence-electron chi connectivity index (χ0n) is 11.8. The zero-order chi connectivity index (χ0) is 15.5. The van der Waals surface area contributed by atoms with Crippen molar-refractivity contribution < 1.29 is 13.6 Å². The molecule has 0 radical (unpaired) electrons. The predicted molar refractivity (Wildman–Crippen MR) is 82.1 cm³/mol. The molecule has 112 valence electrons. The van der Waals surface area contributed by atoms with Crippen LogP contribution in [0.25, 0.3) is 11.5 Å². The third-order valence-electron chi connectivity index (χ3n) is 3.10. The van der Waals surface area contributed by atoms with E-state index in [9.17, 15) is 9.18 Å². The minimum Gasteiger partial charge on any atom is -0.449 e. The zero-order valence-corrected chi connectivity index (χ0v) is 12.6. The molecule has 0 saturated heterocycles. The van der Waals surface area contributed by atoms with E-state index < -0.39 is 0 Å². The van der Waals surface area contributed by atoms with Crippen LogP contribution in [0.4, 0.5) is 4.39 Å². The van der Waals surface area contributed by atoms with E-state index in [1.807, 2.05) is 12.3 Å². The quantitative estimate of drug-likeness (QED) is 0.797. The van der Waals surface area contributed by atoms with Crippen LogP contribution in [-0.2, 0) is 6.54 Å². The Bertz CT molecular complexity index is 810. The Hall–Kier alpha value is -2.47. The Morgan fingerprint density at radius 2 is 2.14 bits per heavy atom. The Balaban J connectivity index is 1.68. The number of rotatable bonds is 4. The minimum atomic E-state index is -0.388. The van der Waals surface area contributed by atoms with Gasteiger partial charge in [-0.3, -0.25) is 4.79 Å². The second kappa shape index (κ2) is 6.11. The van der Waals surface area contributed by atoms with Gasteiger partial charge in [0.25, 0.3) is 5.91 Å². The first-order valence-electron chi connectivity index (χ1n) is 6.67. The lowest BCUT2D eigenvalue weighted by Gasteiger charge is -2.04. The smallest absolute Gasteiger partial charge is 0.287 e. The summed E-state index contributed by atoms with van der Waals surface area (Å²) in [5.74, 6) is -0.0141. The number of halogens is 1. The highest BCUT2D eigenvalue weighted by Crippen LogP contribution is 2.23. The van der Waals surface area contributed by atoms with E-state index >= 15 is 0 Å². The van der Waals surface area contributed by atoms with E-state index in [2.05, 4.69) is 10.3 Å². The molecule has 1 amide bonds. The van der Waals surface area contributed by atoms with Crippen molar-refractivity contribution >= 4 is 17.2 Å². The highest BCUT2D eigenvalue weighted by atomic mass is 32.1. The number of hydrogen-bond donors (Lipinski definition) is 1. The topological polar surface area (TPSA) is 55.1 Å². The summed E-state index contributed by atoms with van der Waals surface area (Å²) in [6, 6.07) is 9.60. The Labute approximate surface area is 130 Å². The average molecular weight is 316 g/mol. The molecule has 0 bridgehead atoms. The number of nitrogens with one attached hydrogen (secondary N) is 1. The van der Waals surface area contributed by atoms with Gasteiger partial charge in [0.2, 0.25) is 0 Å². The largest absolute Gasteiger partial charge is 0.449 e. The summed E-state index contributed by atoms with van der Waals surface area (Å²) >= 11 is 1.51. The van der Waals surface area contributed by atoms with E-state index in [0.717, 1.165) is 5.01 Å². The van der Waals surface area contributed by atoms with E-state index in [1.54, 1.807) is 30.3 Å². The molecule has 3 aromatic rings. The van der Waals surface area contributed by atoms with Crippen molar-refractivity contribution in [1.29, 1.82) is 0 Å². The maximum atomic E-state index is 13.5. The Kier molecular flexibility index (Phi) is 4.02. The van der Waals surface area contributed by atoms with Crippen molar-refractivity contribution in [1.82, 2.24) is 10.3 Å². The van der Waals surface area contributed by atoms with Crippen molar-refractivity contribution in [2.45, 2.75) is 13.5 Å². The van der Waals surface area contributed by atoms with Crippen LogP contribution >= 0.6 is 11.3 Å². The number of benzene rings is 1. The second-order valence-corrected chi connectivity index (χ2v) is 5.75. The molecule has 1 N–H and O–H groups in total. The summed E-state index contributed by atoms with van der Waals surface area (Å²) in [6.07, 6.45) is 0. The first-order chi connectivity index (χ1) is 10.6. The average Bonchev–Trinajstić information content (AvgIpc) is 3.15. The minimum absolute atomic E-state index is 0.108. The van der Waals surface area contributed by atoms with Gasteiger partial charge in [0.15, 0.2) is 11.5 Å². The molecule has 0 spiro atoms. The molecule has 0 aliphatic rings. The van der Waals surface area contributed by atoms with Gasteiger partial charge in [-0.1, -0.05) is 18.2 Å². The first-order valence-corrected chi connectivity index (χ1v) is 7.55. The molecular formula is C16H13FN2O2S. The molecule has 0 unspecified atom stereocenters. The van der Waals surface area contributed by atoms with Crippen molar-refractivity contribution in [2.75, 3.05) is 0 Å². The number of furan rings is 1. The number of thiazole rings is 1. The molecule has 4 nitrogen and oxygen atoms in total. The number of aryl methyl sites for hydroxylation is 1. The number of amides is 1. The molecule has 2 heterocycles. The maximum Gasteiger partial charge on any atom is 0.287 e. The van der Waals surface area contributed by atoms with Crippen LogP contribution in [0.5, 0.6) is 0 Å². The first kappa shape index (κ1) is 14.5. The molecule has 0 saturated carbocycles. The highest BCUT2D eigenvalue weighted by Gasteiger charge is 2.14. The molecule has 1 aromatic carbocycles. The van der Waals surface area contributed by atoms with Gasteiger partial charge in [-0.15, -0.1) is 11.3 Å². The van der Waals surface area contributed by atoms with Crippen LogP contribution in [0.1, 0.15) is 21.1 Å². The fourth-order valence-electron chi connectivity index (χ4n) is 1.98. The third-order valence-corrected chi connectivity index (χ3v) is 3.87. The van der Waals surface area contributed by atoms with E-state index in [1.165, 1.54) is 17.4 Å². The van der Waals surface area contributed by atoms with Crippen LogP contribution in [0.15, 0.2) is 46.2 Å². The lowest BCUT2D eigenvalue weighted by atomic mass is 10.2. The monoisotopic (exact) mass is 316 g/mol.